The molecule has 0 aliphatic heterocycles. The second-order valence-corrected chi connectivity index (χ2v) is 3.86. The second kappa shape index (κ2) is 4.72. The quantitative estimate of drug-likeness (QED) is 0.654. The minimum atomic E-state index is 0.464. The van der Waals surface area contributed by atoms with Gasteiger partial charge in [0, 0.05) is 22.0 Å². The molecule has 3 nitrogen and oxygen atoms in total. The van der Waals surface area contributed by atoms with E-state index in [4.69, 9.17) is 10.5 Å². The monoisotopic (exact) mass is 232 g/mol. The summed E-state index contributed by atoms with van der Waals surface area (Å²) in [7, 11) is 0. The van der Waals surface area contributed by atoms with E-state index in [1.54, 1.807) is 48.5 Å². The van der Waals surface area contributed by atoms with Crippen LogP contribution in [0.25, 0.3) is 0 Å². The summed E-state index contributed by atoms with van der Waals surface area (Å²) in [6.45, 7) is 0. The molecule has 0 atom stereocenters. The van der Waals surface area contributed by atoms with Crippen molar-refractivity contribution in [1.82, 2.24) is 0 Å². The molecule has 0 fully saturated rings. The topological polar surface area (TPSA) is 52.3 Å². The molecule has 0 spiro atoms. The van der Waals surface area contributed by atoms with Gasteiger partial charge in [-0.15, -0.1) is 0 Å². The van der Waals surface area contributed by atoms with Gasteiger partial charge in [-0.05, 0) is 36.4 Å². The summed E-state index contributed by atoms with van der Waals surface area (Å²) in [6, 6.07) is 14.1. The Kier molecular flexibility index (Phi) is 3.12. The molecule has 0 aromatic heterocycles. The first-order chi connectivity index (χ1) is 7.78. The smallest absolute Gasteiger partial charge is 0.457 e. The fourth-order valence-corrected chi connectivity index (χ4v) is 1.48. The Balaban J connectivity index is 2.14. The van der Waals surface area contributed by atoms with Crippen LogP contribution in [0.5, 0.6) is 11.5 Å². The van der Waals surface area contributed by atoms with E-state index in [1.807, 2.05) is 0 Å². The Morgan fingerprint density at radius 1 is 0.875 bits per heavy atom. The third-order valence-electron chi connectivity index (χ3n) is 2.04. The fourth-order valence-electron chi connectivity index (χ4n) is 1.24. The normalized spacial score (nSPS) is 9.75. The number of hydrogen-bond acceptors (Lipinski definition) is 3. The average Bonchev–Trinajstić information content (AvgIpc) is 2.33. The summed E-state index contributed by atoms with van der Waals surface area (Å²) in [6.07, 6.45) is 0. The lowest BCUT2D eigenvalue weighted by molar-refractivity contribution is 0.482. The summed E-state index contributed by atoms with van der Waals surface area (Å²) in [5, 5.41) is 0. The predicted molar refractivity (Wildman–Crippen MR) is 63.7 cm³/mol. The van der Waals surface area contributed by atoms with Gasteiger partial charge in [-0.2, -0.15) is 0 Å². The van der Waals surface area contributed by atoms with Gasteiger partial charge in [0.15, 0.2) is 0 Å². The Hall–Kier alpha value is -1.94. The van der Waals surface area contributed by atoms with Crippen molar-refractivity contribution in [2.75, 3.05) is 5.73 Å². The summed E-state index contributed by atoms with van der Waals surface area (Å²) in [4.78, 5) is 0.671. The Morgan fingerprint density at radius 3 is 1.88 bits per heavy atom. The van der Waals surface area contributed by atoms with Crippen LogP contribution in [0.3, 0.4) is 0 Å². The molecule has 4 heteroatoms. The van der Waals surface area contributed by atoms with Gasteiger partial charge in [0.05, 0.1) is 0 Å². The Labute approximate surface area is 97.3 Å². The molecular formula is C12H10NO2S+. The summed E-state index contributed by atoms with van der Waals surface area (Å²) in [5.74, 6) is 1.42. The number of anilines is 1. The molecule has 2 rings (SSSR count). The van der Waals surface area contributed by atoms with Crippen LogP contribution in [0.15, 0.2) is 53.4 Å². The van der Waals surface area contributed by atoms with E-state index in [2.05, 4.69) is 0 Å². The molecule has 80 valence electrons. The molecule has 2 aromatic carbocycles. The highest BCUT2D eigenvalue weighted by Gasteiger charge is 2.05. The zero-order valence-electron chi connectivity index (χ0n) is 8.42. The lowest BCUT2D eigenvalue weighted by Gasteiger charge is -2.04. The maximum Gasteiger partial charge on any atom is 0.505 e. The standard InChI is InChI=1S/C12H10NO2S/c13-9-1-3-10(4-2-9)15-11-5-7-12(16-14)8-6-11/h1-8H,13H2/q+1. The molecule has 0 aliphatic rings. The fraction of sp³-hybridized carbons (Fsp3) is 0. The van der Waals surface area contributed by atoms with Crippen LogP contribution in [0, 0.1) is 0 Å². The Morgan fingerprint density at radius 2 is 1.38 bits per heavy atom. The average molecular weight is 232 g/mol. The minimum absolute atomic E-state index is 0.464. The summed E-state index contributed by atoms with van der Waals surface area (Å²) >= 11 is 0.464. The van der Waals surface area contributed by atoms with Crippen molar-refractivity contribution in [3.05, 3.63) is 48.5 Å². The SMILES string of the molecule is Nc1ccc(Oc2ccc([S+]=O)cc2)cc1. The van der Waals surface area contributed by atoms with E-state index in [0.29, 0.717) is 28.0 Å². The van der Waals surface area contributed by atoms with Crippen molar-refractivity contribution in [1.29, 1.82) is 0 Å². The van der Waals surface area contributed by atoms with E-state index in [1.165, 1.54) is 0 Å². The molecular weight excluding hydrogens is 222 g/mol. The minimum Gasteiger partial charge on any atom is -0.457 e. The van der Waals surface area contributed by atoms with Gasteiger partial charge in [-0.3, -0.25) is 0 Å². The first-order valence-electron chi connectivity index (χ1n) is 4.71. The van der Waals surface area contributed by atoms with E-state index in [-0.39, 0.29) is 0 Å². The van der Waals surface area contributed by atoms with E-state index >= 15 is 0 Å². The highest BCUT2D eigenvalue weighted by molar-refractivity contribution is 7.65. The van der Waals surface area contributed by atoms with Crippen LogP contribution >= 0.6 is 0 Å². The van der Waals surface area contributed by atoms with Crippen molar-refractivity contribution in [2.24, 2.45) is 0 Å². The Bertz CT molecular complexity index is 479. The van der Waals surface area contributed by atoms with Crippen molar-refractivity contribution in [3.8, 4) is 11.5 Å². The van der Waals surface area contributed by atoms with Crippen LogP contribution in [-0.4, -0.2) is 0 Å². The number of hydrogen-bond donors (Lipinski definition) is 1. The molecule has 0 unspecified atom stereocenters. The zero-order chi connectivity index (χ0) is 11.4. The van der Waals surface area contributed by atoms with Gasteiger partial charge < -0.3 is 10.5 Å². The number of nitrogen functional groups attached to an aromatic ring is 1. The number of ether oxygens (including phenoxy) is 1. The number of benzene rings is 2. The van der Waals surface area contributed by atoms with E-state index in [9.17, 15) is 4.21 Å². The maximum absolute atomic E-state index is 10.5. The molecule has 0 saturated carbocycles. The number of rotatable bonds is 3. The van der Waals surface area contributed by atoms with Gasteiger partial charge in [0.1, 0.15) is 11.5 Å². The van der Waals surface area contributed by atoms with Crippen LogP contribution in [0.2, 0.25) is 0 Å². The molecule has 0 aliphatic carbocycles. The predicted octanol–water partition coefficient (Wildman–Crippen LogP) is 2.85. The van der Waals surface area contributed by atoms with Crippen LogP contribution in [-0.2, 0) is 15.9 Å². The molecule has 0 radical (unpaired) electrons. The largest absolute Gasteiger partial charge is 0.505 e. The van der Waals surface area contributed by atoms with Crippen molar-refractivity contribution in [2.45, 2.75) is 4.90 Å². The van der Waals surface area contributed by atoms with Gasteiger partial charge in [0.2, 0.25) is 0 Å². The van der Waals surface area contributed by atoms with Gasteiger partial charge >= 0.3 is 11.7 Å². The van der Waals surface area contributed by atoms with E-state index < -0.39 is 0 Å². The zero-order valence-corrected chi connectivity index (χ0v) is 9.24. The van der Waals surface area contributed by atoms with Crippen LogP contribution in [0.1, 0.15) is 0 Å². The van der Waals surface area contributed by atoms with Crippen LogP contribution < -0.4 is 10.5 Å². The van der Waals surface area contributed by atoms with Crippen molar-refractivity contribution in [3.63, 3.8) is 0 Å². The second-order valence-electron chi connectivity index (χ2n) is 3.23. The first-order valence-corrected chi connectivity index (χ1v) is 5.45. The highest BCUT2D eigenvalue weighted by Crippen LogP contribution is 2.22. The molecule has 16 heavy (non-hydrogen) atoms. The maximum atomic E-state index is 10.5. The molecule has 0 heterocycles. The molecule has 0 saturated heterocycles. The number of nitrogens with two attached hydrogens (primary N) is 1. The van der Waals surface area contributed by atoms with Crippen LogP contribution in [0.4, 0.5) is 5.69 Å². The first kappa shape index (κ1) is 10.6. The summed E-state index contributed by atoms with van der Waals surface area (Å²) in [5.41, 5.74) is 6.26. The van der Waals surface area contributed by atoms with Gasteiger partial charge in [-0.25, -0.2) is 0 Å². The van der Waals surface area contributed by atoms with Gasteiger partial charge in [0.25, 0.3) is 4.90 Å². The van der Waals surface area contributed by atoms with Crippen molar-refractivity contribution < 1.29 is 8.95 Å². The third kappa shape index (κ3) is 2.55. The lowest BCUT2D eigenvalue weighted by atomic mass is 10.3. The molecule has 0 bridgehead atoms. The molecule has 2 aromatic rings. The van der Waals surface area contributed by atoms with Crippen molar-refractivity contribution >= 4 is 17.4 Å². The molecule has 0 amide bonds. The summed E-state index contributed by atoms with van der Waals surface area (Å²) < 4.78 is 16.1. The third-order valence-corrected chi connectivity index (χ3v) is 2.50. The molecule has 2 N–H and O–H groups in total. The van der Waals surface area contributed by atoms with Gasteiger partial charge in [-0.1, -0.05) is 0 Å². The highest BCUT2D eigenvalue weighted by atomic mass is 32.1. The van der Waals surface area contributed by atoms with E-state index in [0.717, 1.165) is 5.75 Å². The lowest BCUT2D eigenvalue weighted by Crippen LogP contribution is -1.86.